The highest BCUT2D eigenvalue weighted by Gasteiger charge is 2.14. The number of nitrogens with zero attached hydrogens (tertiary/aromatic N) is 2. The van der Waals surface area contributed by atoms with E-state index in [0.29, 0.717) is 3.57 Å². The Morgan fingerprint density at radius 1 is 1.64 bits per heavy atom. The zero-order valence-electron chi connectivity index (χ0n) is 7.03. The summed E-state index contributed by atoms with van der Waals surface area (Å²) in [4.78, 5) is 9.97. The molecule has 0 unspecified atom stereocenters. The smallest absolute Gasteiger partial charge is 0.293 e. The van der Waals surface area contributed by atoms with Gasteiger partial charge >= 0.3 is 0 Å². The van der Waals surface area contributed by atoms with Gasteiger partial charge in [0.2, 0.25) is 0 Å². The zero-order chi connectivity index (χ0) is 10.7. The predicted molar refractivity (Wildman–Crippen MR) is 59.5 cm³/mol. The van der Waals surface area contributed by atoms with Crippen molar-refractivity contribution in [2.24, 2.45) is 0 Å². The molecular weight excluding hydrogens is 297 g/mol. The second-order valence-corrected chi connectivity index (χ2v) is 3.76. The van der Waals surface area contributed by atoms with Gasteiger partial charge in [-0.25, -0.2) is 0 Å². The van der Waals surface area contributed by atoms with Crippen LogP contribution in [0.25, 0.3) is 0 Å². The first-order valence-electron chi connectivity index (χ1n) is 3.65. The predicted octanol–water partition coefficient (Wildman–Crippen LogP) is 1.85. The Bertz CT molecular complexity index is 425. The lowest BCUT2D eigenvalue weighted by molar-refractivity contribution is -0.384. The normalized spacial score (nSPS) is 9.43. The lowest BCUT2D eigenvalue weighted by Gasteiger charge is -2.02. The van der Waals surface area contributed by atoms with Gasteiger partial charge < -0.3 is 5.73 Å². The molecule has 0 fully saturated rings. The third kappa shape index (κ3) is 2.11. The molecule has 0 atom stereocenters. The van der Waals surface area contributed by atoms with Gasteiger partial charge in [-0.1, -0.05) is 0 Å². The second kappa shape index (κ2) is 4.23. The van der Waals surface area contributed by atoms with Gasteiger partial charge in [0.1, 0.15) is 5.69 Å². The van der Waals surface area contributed by atoms with Crippen molar-refractivity contribution in [2.45, 2.75) is 6.42 Å². The molecule has 0 aliphatic carbocycles. The van der Waals surface area contributed by atoms with Gasteiger partial charge in [0.25, 0.3) is 5.69 Å². The van der Waals surface area contributed by atoms with Crippen LogP contribution in [0.15, 0.2) is 12.1 Å². The van der Waals surface area contributed by atoms with Gasteiger partial charge in [0.15, 0.2) is 0 Å². The van der Waals surface area contributed by atoms with Gasteiger partial charge in [0, 0.05) is 9.64 Å². The van der Waals surface area contributed by atoms with E-state index in [2.05, 4.69) is 0 Å². The maximum Gasteiger partial charge on any atom is 0.293 e. The second-order valence-electron chi connectivity index (χ2n) is 2.59. The molecule has 0 amide bonds. The summed E-state index contributed by atoms with van der Waals surface area (Å²) in [6.07, 6.45) is 0.209. The molecule has 0 spiro atoms. The van der Waals surface area contributed by atoms with Crippen LogP contribution in [0.4, 0.5) is 11.4 Å². The topological polar surface area (TPSA) is 93.0 Å². The van der Waals surface area contributed by atoms with E-state index < -0.39 is 4.92 Å². The quantitative estimate of drug-likeness (QED) is 0.390. The SMILES string of the molecule is N#CCc1cc(N)c([N+](=O)[O-])cc1I. The molecule has 0 bridgehead atoms. The molecule has 14 heavy (non-hydrogen) atoms. The number of hydrogen-bond acceptors (Lipinski definition) is 4. The summed E-state index contributed by atoms with van der Waals surface area (Å²) in [7, 11) is 0. The molecule has 1 rings (SSSR count). The highest BCUT2D eigenvalue weighted by molar-refractivity contribution is 14.1. The summed E-state index contributed by atoms with van der Waals surface area (Å²) in [5.41, 5.74) is 6.17. The maximum atomic E-state index is 10.5. The van der Waals surface area contributed by atoms with E-state index in [1.807, 2.05) is 28.7 Å². The largest absolute Gasteiger partial charge is 0.393 e. The fourth-order valence-corrected chi connectivity index (χ4v) is 1.65. The van der Waals surface area contributed by atoms with Crippen molar-refractivity contribution >= 4 is 34.0 Å². The van der Waals surface area contributed by atoms with Crippen molar-refractivity contribution in [3.8, 4) is 6.07 Å². The highest BCUT2D eigenvalue weighted by Crippen LogP contribution is 2.26. The summed E-state index contributed by atoms with van der Waals surface area (Å²) >= 11 is 1.95. The Hall–Kier alpha value is -1.36. The van der Waals surface area contributed by atoms with Crippen LogP contribution in [-0.4, -0.2) is 4.92 Å². The molecule has 0 aliphatic rings. The van der Waals surface area contributed by atoms with E-state index in [0.717, 1.165) is 5.56 Å². The monoisotopic (exact) mass is 303 g/mol. The lowest BCUT2D eigenvalue weighted by Crippen LogP contribution is -1.99. The summed E-state index contributed by atoms with van der Waals surface area (Å²) < 4.78 is 0.685. The van der Waals surface area contributed by atoms with Gasteiger partial charge in [-0.3, -0.25) is 10.1 Å². The summed E-state index contributed by atoms with van der Waals surface area (Å²) in [6.45, 7) is 0. The van der Waals surface area contributed by atoms with Crippen LogP contribution in [0.5, 0.6) is 0 Å². The third-order valence-corrected chi connectivity index (χ3v) is 2.67. The fraction of sp³-hybridized carbons (Fsp3) is 0.125. The number of hydrogen-bond donors (Lipinski definition) is 1. The van der Waals surface area contributed by atoms with Crippen molar-refractivity contribution in [1.29, 1.82) is 5.26 Å². The van der Waals surface area contributed by atoms with Gasteiger partial charge in [-0.15, -0.1) is 0 Å². The first kappa shape index (κ1) is 10.7. The Morgan fingerprint density at radius 3 is 2.79 bits per heavy atom. The maximum absolute atomic E-state index is 10.5. The number of anilines is 1. The molecule has 1 aromatic carbocycles. The minimum Gasteiger partial charge on any atom is -0.393 e. The Balaban J connectivity index is 3.25. The number of halogens is 1. The Labute approximate surface area is 93.8 Å². The van der Waals surface area contributed by atoms with Gasteiger partial charge in [0.05, 0.1) is 17.4 Å². The van der Waals surface area contributed by atoms with E-state index in [-0.39, 0.29) is 17.8 Å². The average molecular weight is 303 g/mol. The summed E-state index contributed by atoms with van der Waals surface area (Å²) in [6, 6.07) is 4.82. The standard InChI is InChI=1S/C8H6IN3O2/c9-6-4-8(12(13)14)7(11)3-5(6)1-2-10/h3-4H,1,11H2. The molecule has 0 aliphatic heterocycles. The van der Waals surface area contributed by atoms with E-state index >= 15 is 0 Å². The fourth-order valence-electron chi connectivity index (χ4n) is 1.01. The molecular formula is C8H6IN3O2. The first-order chi connectivity index (χ1) is 6.56. The van der Waals surface area contributed by atoms with Crippen LogP contribution in [-0.2, 0) is 6.42 Å². The van der Waals surface area contributed by atoms with Crippen molar-refractivity contribution < 1.29 is 4.92 Å². The van der Waals surface area contributed by atoms with Gasteiger partial charge in [-0.2, -0.15) is 5.26 Å². The molecule has 0 aromatic heterocycles. The van der Waals surface area contributed by atoms with Crippen LogP contribution in [0.1, 0.15) is 5.56 Å². The number of nitrogen functional groups attached to an aromatic ring is 1. The van der Waals surface area contributed by atoms with Crippen LogP contribution >= 0.6 is 22.6 Å². The van der Waals surface area contributed by atoms with Crippen molar-refractivity contribution in [2.75, 3.05) is 5.73 Å². The molecule has 72 valence electrons. The average Bonchev–Trinajstić information content (AvgIpc) is 2.10. The van der Waals surface area contributed by atoms with Crippen LogP contribution in [0.3, 0.4) is 0 Å². The van der Waals surface area contributed by atoms with Crippen LogP contribution < -0.4 is 5.73 Å². The van der Waals surface area contributed by atoms with E-state index in [4.69, 9.17) is 11.0 Å². The number of nitro groups is 1. The number of nitro benzene ring substituents is 1. The Kier molecular flexibility index (Phi) is 3.24. The molecule has 1 aromatic rings. The zero-order valence-corrected chi connectivity index (χ0v) is 9.19. The summed E-state index contributed by atoms with van der Waals surface area (Å²) in [5.74, 6) is 0. The molecule has 0 heterocycles. The van der Waals surface area contributed by atoms with Crippen molar-refractivity contribution in [3.63, 3.8) is 0 Å². The molecule has 2 N–H and O–H groups in total. The van der Waals surface area contributed by atoms with E-state index in [9.17, 15) is 10.1 Å². The molecule has 0 saturated carbocycles. The van der Waals surface area contributed by atoms with Crippen LogP contribution in [0.2, 0.25) is 0 Å². The van der Waals surface area contributed by atoms with Crippen molar-refractivity contribution in [1.82, 2.24) is 0 Å². The molecule has 0 saturated heterocycles. The molecule has 6 heteroatoms. The number of rotatable bonds is 2. The van der Waals surface area contributed by atoms with Gasteiger partial charge in [-0.05, 0) is 34.2 Å². The molecule has 5 nitrogen and oxygen atoms in total. The number of nitriles is 1. The highest BCUT2D eigenvalue weighted by atomic mass is 127. The van der Waals surface area contributed by atoms with Crippen molar-refractivity contribution in [3.05, 3.63) is 31.4 Å². The minimum absolute atomic E-state index is 0.0978. The Morgan fingerprint density at radius 2 is 2.29 bits per heavy atom. The van der Waals surface area contributed by atoms with Crippen LogP contribution in [0, 0.1) is 25.0 Å². The minimum atomic E-state index is -0.534. The summed E-state index contributed by atoms with van der Waals surface area (Å²) in [5, 5.41) is 19.0. The number of nitrogens with two attached hydrogens (primary N) is 1. The van der Waals surface area contributed by atoms with E-state index in [1.165, 1.54) is 12.1 Å². The first-order valence-corrected chi connectivity index (χ1v) is 4.73. The third-order valence-electron chi connectivity index (χ3n) is 1.66. The lowest BCUT2D eigenvalue weighted by atomic mass is 10.1. The van der Waals surface area contributed by atoms with E-state index in [1.54, 1.807) is 0 Å². The molecule has 0 radical (unpaired) electrons. The number of benzene rings is 1.